The summed E-state index contributed by atoms with van der Waals surface area (Å²) in [6, 6.07) is 10.3. The zero-order chi connectivity index (χ0) is 23.4. The van der Waals surface area contributed by atoms with Crippen LogP contribution in [0.15, 0.2) is 42.0 Å². The van der Waals surface area contributed by atoms with E-state index in [0.717, 1.165) is 17.5 Å². The Morgan fingerprint density at radius 2 is 1.94 bits per heavy atom. The van der Waals surface area contributed by atoms with Crippen LogP contribution in [0.25, 0.3) is 6.08 Å². The molecule has 0 N–H and O–H groups in total. The molecule has 0 aromatic heterocycles. The highest BCUT2D eigenvalue weighted by Crippen LogP contribution is 2.31. The smallest absolute Gasteiger partial charge is 0.328 e. The van der Waals surface area contributed by atoms with Gasteiger partial charge in [0.25, 0.3) is 5.91 Å². The van der Waals surface area contributed by atoms with Crippen LogP contribution < -0.4 is 14.2 Å². The van der Waals surface area contributed by atoms with E-state index in [4.69, 9.17) is 30.5 Å². The van der Waals surface area contributed by atoms with Crippen LogP contribution >= 0.6 is 11.6 Å². The maximum Gasteiger partial charge on any atom is 0.328 e. The standard InChI is InChI=1S/C25H26ClNO6/c1-30-22-7-5-16(12-23(22)31-2)9-11-32-25(29)20-4-3-10-27(20)24(28)18-13-17-14-19(26)6-8-21(17)33-15-18/h5-8,12-14,20H,3-4,9-11,15H2,1-2H3/t20-/m0/s1. The molecule has 1 atom stereocenters. The summed E-state index contributed by atoms with van der Waals surface area (Å²) in [6.45, 7) is 0.879. The second kappa shape index (κ2) is 10.2. The Labute approximate surface area is 197 Å². The number of methoxy groups -OCH3 is 2. The van der Waals surface area contributed by atoms with E-state index in [1.807, 2.05) is 18.2 Å². The van der Waals surface area contributed by atoms with E-state index in [-0.39, 0.29) is 25.1 Å². The van der Waals surface area contributed by atoms with Gasteiger partial charge in [-0.3, -0.25) is 4.79 Å². The molecule has 2 heterocycles. The van der Waals surface area contributed by atoms with Crippen LogP contribution in [0.3, 0.4) is 0 Å². The fourth-order valence-electron chi connectivity index (χ4n) is 4.11. The van der Waals surface area contributed by atoms with Crippen molar-refractivity contribution in [3.05, 3.63) is 58.1 Å². The third-order valence-electron chi connectivity index (χ3n) is 5.83. The normalized spacial score (nSPS) is 17.0. The van der Waals surface area contributed by atoms with Crippen molar-refractivity contribution in [3.63, 3.8) is 0 Å². The van der Waals surface area contributed by atoms with E-state index >= 15 is 0 Å². The van der Waals surface area contributed by atoms with Gasteiger partial charge in [0.15, 0.2) is 11.5 Å². The summed E-state index contributed by atoms with van der Waals surface area (Å²) < 4.78 is 21.8. The quantitative estimate of drug-likeness (QED) is 0.570. The highest BCUT2D eigenvalue weighted by atomic mass is 35.5. The SMILES string of the molecule is COc1ccc(CCOC(=O)[C@@H]2CCCN2C(=O)C2=Cc3cc(Cl)ccc3OC2)cc1OC. The van der Waals surface area contributed by atoms with Crippen LogP contribution in [0.5, 0.6) is 17.2 Å². The van der Waals surface area contributed by atoms with E-state index in [9.17, 15) is 9.59 Å². The summed E-state index contributed by atoms with van der Waals surface area (Å²) in [7, 11) is 3.16. The van der Waals surface area contributed by atoms with Gasteiger partial charge in [-0.15, -0.1) is 0 Å². The van der Waals surface area contributed by atoms with Gasteiger partial charge in [0.1, 0.15) is 18.4 Å². The Morgan fingerprint density at radius 3 is 2.73 bits per heavy atom. The minimum atomic E-state index is -0.593. The van der Waals surface area contributed by atoms with E-state index in [1.165, 1.54) is 0 Å². The van der Waals surface area contributed by atoms with Gasteiger partial charge >= 0.3 is 5.97 Å². The fraction of sp³-hybridized carbons (Fsp3) is 0.360. The predicted molar refractivity (Wildman–Crippen MR) is 124 cm³/mol. The molecule has 2 aromatic rings. The molecule has 0 spiro atoms. The maximum absolute atomic E-state index is 13.1. The van der Waals surface area contributed by atoms with Crippen LogP contribution in [0.1, 0.15) is 24.0 Å². The van der Waals surface area contributed by atoms with Crippen molar-refractivity contribution in [1.29, 1.82) is 0 Å². The lowest BCUT2D eigenvalue weighted by Crippen LogP contribution is -2.43. The molecule has 0 radical (unpaired) electrons. The maximum atomic E-state index is 13.1. The average molecular weight is 472 g/mol. The molecular weight excluding hydrogens is 446 g/mol. The summed E-state index contributed by atoms with van der Waals surface area (Å²) >= 11 is 6.07. The Kier molecular flexibility index (Phi) is 7.08. The topological polar surface area (TPSA) is 74.3 Å². The molecule has 2 aliphatic rings. The molecule has 1 amide bonds. The molecule has 7 nitrogen and oxygen atoms in total. The lowest BCUT2D eigenvalue weighted by Gasteiger charge is -2.26. The number of benzene rings is 2. The summed E-state index contributed by atoms with van der Waals surface area (Å²) in [6.07, 6.45) is 3.64. The summed E-state index contributed by atoms with van der Waals surface area (Å²) in [4.78, 5) is 27.5. The van der Waals surface area contributed by atoms with Crippen molar-refractivity contribution in [3.8, 4) is 17.2 Å². The molecule has 2 aromatic carbocycles. The number of nitrogens with zero attached hydrogens (tertiary/aromatic N) is 1. The van der Waals surface area contributed by atoms with Gasteiger partial charge in [0.05, 0.1) is 26.4 Å². The number of rotatable bonds is 7. The number of hydrogen-bond donors (Lipinski definition) is 0. The van der Waals surface area contributed by atoms with Crippen LogP contribution in [0, 0.1) is 0 Å². The summed E-state index contributed by atoms with van der Waals surface area (Å²) in [5.41, 5.74) is 2.21. The Hall–Kier alpha value is -3.19. The second-order valence-corrected chi connectivity index (χ2v) is 8.34. The molecule has 0 saturated carbocycles. The van der Waals surface area contributed by atoms with Crippen LogP contribution in [0.2, 0.25) is 5.02 Å². The minimum absolute atomic E-state index is 0.158. The largest absolute Gasteiger partial charge is 0.493 e. The van der Waals surface area contributed by atoms with Crippen molar-refractivity contribution in [2.24, 2.45) is 0 Å². The molecule has 33 heavy (non-hydrogen) atoms. The molecule has 0 bridgehead atoms. The van der Waals surface area contributed by atoms with Crippen molar-refractivity contribution in [2.45, 2.75) is 25.3 Å². The molecule has 0 unspecified atom stereocenters. The van der Waals surface area contributed by atoms with Gasteiger partial charge in [-0.2, -0.15) is 0 Å². The first kappa shape index (κ1) is 23.0. The van der Waals surface area contributed by atoms with Gasteiger partial charge < -0.3 is 23.8 Å². The van der Waals surface area contributed by atoms with Crippen LogP contribution in [0.4, 0.5) is 0 Å². The second-order valence-electron chi connectivity index (χ2n) is 7.90. The summed E-state index contributed by atoms with van der Waals surface area (Å²) in [5, 5.41) is 0.569. The van der Waals surface area contributed by atoms with Gasteiger partial charge in [-0.05, 0) is 54.8 Å². The van der Waals surface area contributed by atoms with E-state index in [1.54, 1.807) is 43.4 Å². The number of halogens is 1. The number of ether oxygens (including phenoxy) is 4. The number of carbonyl (C=O) groups excluding carboxylic acids is 2. The molecule has 4 rings (SSSR count). The first-order valence-corrected chi connectivity index (χ1v) is 11.2. The highest BCUT2D eigenvalue weighted by Gasteiger charge is 2.37. The van der Waals surface area contributed by atoms with Crippen molar-refractivity contribution >= 4 is 29.6 Å². The Morgan fingerprint density at radius 1 is 1.12 bits per heavy atom. The third kappa shape index (κ3) is 5.09. The monoisotopic (exact) mass is 471 g/mol. The first-order valence-electron chi connectivity index (χ1n) is 10.8. The Bertz CT molecular complexity index is 1080. The molecule has 0 aliphatic carbocycles. The van der Waals surface area contributed by atoms with Crippen molar-refractivity contribution in [2.75, 3.05) is 34.0 Å². The number of esters is 1. The Balaban J connectivity index is 1.37. The predicted octanol–water partition coefficient (Wildman–Crippen LogP) is 3.91. The lowest BCUT2D eigenvalue weighted by molar-refractivity contribution is -0.152. The minimum Gasteiger partial charge on any atom is -0.493 e. The number of hydrogen-bond acceptors (Lipinski definition) is 6. The molecule has 174 valence electrons. The molecule has 2 aliphatic heterocycles. The lowest BCUT2D eigenvalue weighted by atomic mass is 10.1. The third-order valence-corrected chi connectivity index (χ3v) is 6.06. The molecule has 1 saturated heterocycles. The number of likely N-dealkylation sites (tertiary alicyclic amines) is 1. The fourth-order valence-corrected chi connectivity index (χ4v) is 4.29. The molecule has 1 fully saturated rings. The van der Waals surface area contributed by atoms with Crippen LogP contribution in [-0.2, 0) is 20.7 Å². The molecule has 8 heteroatoms. The number of carbonyl (C=O) groups is 2. The first-order chi connectivity index (χ1) is 16.0. The van der Waals surface area contributed by atoms with Gasteiger partial charge in [-0.25, -0.2) is 4.79 Å². The highest BCUT2D eigenvalue weighted by molar-refractivity contribution is 6.30. The average Bonchev–Trinajstić information content (AvgIpc) is 3.33. The van der Waals surface area contributed by atoms with E-state index in [2.05, 4.69) is 0 Å². The van der Waals surface area contributed by atoms with Crippen LogP contribution in [-0.4, -0.2) is 56.8 Å². The van der Waals surface area contributed by atoms with E-state index < -0.39 is 6.04 Å². The van der Waals surface area contributed by atoms with Crippen molar-refractivity contribution < 1.29 is 28.5 Å². The van der Waals surface area contributed by atoms with Crippen molar-refractivity contribution in [1.82, 2.24) is 4.90 Å². The van der Waals surface area contributed by atoms with Gasteiger partial charge in [0.2, 0.25) is 0 Å². The van der Waals surface area contributed by atoms with Gasteiger partial charge in [-0.1, -0.05) is 17.7 Å². The number of amides is 1. The zero-order valence-electron chi connectivity index (χ0n) is 18.6. The van der Waals surface area contributed by atoms with E-state index in [0.29, 0.717) is 47.2 Å². The zero-order valence-corrected chi connectivity index (χ0v) is 19.4. The van der Waals surface area contributed by atoms with Gasteiger partial charge in [0, 0.05) is 23.6 Å². The molecular formula is C25H26ClNO6. The summed E-state index contributed by atoms with van der Waals surface area (Å²) in [5.74, 6) is 1.36. The number of fused-ring (bicyclic) bond motifs is 1.